The second-order valence-corrected chi connectivity index (χ2v) is 5.54. The molecule has 0 atom stereocenters. The van der Waals surface area contributed by atoms with Crippen molar-refractivity contribution in [2.45, 2.75) is 4.90 Å². The van der Waals surface area contributed by atoms with E-state index in [2.05, 4.69) is 21.0 Å². The Bertz CT molecular complexity index is 842. The standard InChI is InChI=1S/C16H15N5S/c1-22-11-7-8-13-12(9-11)14(10-5-3-2-4-6-10)20-16(19-13)21-15(17)18/h2-9H,1H3,(H4,17,18,19,20,21). The van der Waals surface area contributed by atoms with Crippen LogP contribution in [0.2, 0.25) is 0 Å². The van der Waals surface area contributed by atoms with Crippen molar-refractivity contribution in [3.8, 4) is 11.3 Å². The number of benzene rings is 2. The Hall–Kier alpha value is -2.60. The number of nitrogens with two attached hydrogens (primary N) is 2. The van der Waals surface area contributed by atoms with Crippen molar-refractivity contribution in [1.82, 2.24) is 9.97 Å². The molecule has 0 spiro atoms. The van der Waals surface area contributed by atoms with Crippen molar-refractivity contribution in [2.75, 3.05) is 6.26 Å². The summed E-state index contributed by atoms with van der Waals surface area (Å²) in [6, 6.07) is 16.0. The third-order valence-corrected chi connectivity index (χ3v) is 3.89. The first kappa shape index (κ1) is 14.3. The molecule has 0 amide bonds. The van der Waals surface area contributed by atoms with Crippen molar-refractivity contribution in [3.05, 3.63) is 48.5 Å². The molecule has 0 aliphatic carbocycles. The lowest BCUT2D eigenvalue weighted by molar-refractivity contribution is 1.17. The average Bonchev–Trinajstić information content (AvgIpc) is 2.54. The number of guanidine groups is 1. The van der Waals surface area contributed by atoms with Crippen LogP contribution in [0.1, 0.15) is 0 Å². The van der Waals surface area contributed by atoms with E-state index in [9.17, 15) is 0 Å². The number of aromatic nitrogens is 2. The molecule has 5 nitrogen and oxygen atoms in total. The summed E-state index contributed by atoms with van der Waals surface area (Å²) in [4.78, 5) is 14.1. The summed E-state index contributed by atoms with van der Waals surface area (Å²) in [5.74, 6) is 0.211. The largest absolute Gasteiger partial charge is 0.370 e. The summed E-state index contributed by atoms with van der Waals surface area (Å²) in [5.41, 5.74) is 13.5. The lowest BCUT2D eigenvalue weighted by Gasteiger charge is -2.08. The molecule has 0 saturated heterocycles. The maximum absolute atomic E-state index is 5.45. The Kier molecular flexibility index (Phi) is 3.93. The van der Waals surface area contributed by atoms with E-state index in [1.54, 1.807) is 11.8 Å². The summed E-state index contributed by atoms with van der Waals surface area (Å²) >= 11 is 1.68. The minimum absolute atomic E-state index is 0.0564. The minimum Gasteiger partial charge on any atom is -0.370 e. The molecule has 2 aromatic carbocycles. The molecule has 0 radical (unpaired) electrons. The van der Waals surface area contributed by atoms with Crippen LogP contribution in [0.15, 0.2) is 58.4 Å². The van der Waals surface area contributed by atoms with Gasteiger partial charge in [0.25, 0.3) is 5.95 Å². The monoisotopic (exact) mass is 309 g/mol. The molecule has 0 fully saturated rings. The molecule has 6 heteroatoms. The van der Waals surface area contributed by atoms with Gasteiger partial charge in [-0.1, -0.05) is 30.3 Å². The number of rotatable bonds is 3. The fraction of sp³-hybridized carbons (Fsp3) is 0.0625. The van der Waals surface area contributed by atoms with Crippen molar-refractivity contribution < 1.29 is 0 Å². The molecule has 0 aliphatic rings. The Morgan fingerprint density at radius 3 is 2.50 bits per heavy atom. The quantitative estimate of drug-likeness (QED) is 0.441. The first-order valence-corrected chi connectivity index (χ1v) is 7.90. The molecule has 1 heterocycles. The molecule has 0 aliphatic heterocycles. The molecule has 3 rings (SSSR count). The normalized spacial score (nSPS) is 10.6. The number of fused-ring (bicyclic) bond motifs is 1. The topological polar surface area (TPSA) is 90.2 Å². The van der Waals surface area contributed by atoms with Crippen LogP contribution in [0, 0.1) is 0 Å². The SMILES string of the molecule is CSc1ccc2nc(N=C(N)N)nc(-c3ccccc3)c2c1. The Morgan fingerprint density at radius 1 is 1.05 bits per heavy atom. The first-order valence-electron chi connectivity index (χ1n) is 6.68. The van der Waals surface area contributed by atoms with Gasteiger partial charge >= 0.3 is 0 Å². The fourth-order valence-electron chi connectivity index (χ4n) is 2.20. The van der Waals surface area contributed by atoms with Crippen molar-refractivity contribution in [3.63, 3.8) is 0 Å². The number of thioether (sulfide) groups is 1. The van der Waals surface area contributed by atoms with Crippen LogP contribution >= 0.6 is 11.8 Å². The van der Waals surface area contributed by atoms with Crippen LogP contribution in [0.5, 0.6) is 0 Å². The highest BCUT2D eigenvalue weighted by atomic mass is 32.2. The van der Waals surface area contributed by atoms with Gasteiger partial charge < -0.3 is 11.5 Å². The maximum atomic E-state index is 5.45. The van der Waals surface area contributed by atoms with Crippen LogP contribution < -0.4 is 11.5 Å². The van der Waals surface area contributed by atoms with Gasteiger partial charge in [-0.3, -0.25) is 0 Å². The summed E-state index contributed by atoms with van der Waals surface area (Å²) in [5, 5.41) is 0.979. The van der Waals surface area contributed by atoms with E-state index in [0.717, 1.165) is 27.1 Å². The molecule has 1 aromatic heterocycles. The summed E-state index contributed by atoms with van der Waals surface area (Å²) < 4.78 is 0. The zero-order chi connectivity index (χ0) is 15.5. The lowest BCUT2D eigenvalue weighted by Crippen LogP contribution is -2.22. The van der Waals surface area contributed by atoms with Gasteiger partial charge in [0.1, 0.15) is 0 Å². The second-order valence-electron chi connectivity index (χ2n) is 4.66. The zero-order valence-electron chi connectivity index (χ0n) is 12.0. The van der Waals surface area contributed by atoms with Gasteiger partial charge in [0.05, 0.1) is 11.2 Å². The van der Waals surface area contributed by atoms with Gasteiger partial charge in [-0.15, -0.1) is 11.8 Å². The Balaban J connectivity index is 2.32. The fourth-order valence-corrected chi connectivity index (χ4v) is 2.64. The summed E-state index contributed by atoms with van der Waals surface area (Å²) in [6.45, 7) is 0. The Labute approximate surface area is 132 Å². The van der Waals surface area contributed by atoms with Gasteiger partial charge in [0.2, 0.25) is 0 Å². The lowest BCUT2D eigenvalue weighted by atomic mass is 10.1. The molecule has 110 valence electrons. The van der Waals surface area contributed by atoms with Crippen LogP contribution in [0.4, 0.5) is 5.95 Å². The molecular formula is C16H15N5S. The molecule has 0 unspecified atom stereocenters. The first-order chi connectivity index (χ1) is 10.7. The van der Waals surface area contributed by atoms with Crippen molar-refractivity contribution in [2.24, 2.45) is 16.5 Å². The third kappa shape index (κ3) is 2.87. The van der Waals surface area contributed by atoms with E-state index in [-0.39, 0.29) is 11.9 Å². The van der Waals surface area contributed by atoms with Gasteiger partial charge in [0.15, 0.2) is 5.96 Å². The average molecular weight is 309 g/mol. The molecular weight excluding hydrogens is 294 g/mol. The van der Waals surface area contributed by atoms with Crippen LogP contribution in [0.25, 0.3) is 22.2 Å². The van der Waals surface area contributed by atoms with Gasteiger partial charge in [0, 0.05) is 15.8 Å². The number of nitrogens with zero attached hydrogens (tertiary/aromatic N) is 3. The van der Waals surface area contributed by atoms with E-state index in [1.807, 2.05) is 48.7 Å². The number of hydrogen-bond donors (Lipinski definition) is 2. The molecule has 0 bridgehead atoms. The van der Waals surface area contributed by atoms with Gasteiger partial charge in [-0.05, 0) is 24.5 Å². The minimum atomic E-state index is -0.0564. The summed E-state index contributed by atoms with van der Waals surface area (Å²) in [7, 11) is 0. The highest BCUT2D eigenvalue weighted by Crippen LogP contribution is 2.30. The van der Waals surface area contributed by atoms with Crippen LogP contribution in [0.3, 0.4) is 0 Å². The third-order valence-electron chi connectivity index (χ3n) is 3.17. The van der Waals surface area contributed by atoms with E-state index in [4.69, 9.17) is 11.5 Å². The smallest absolute Gasteiger partial charge is 0.253 e. The maximum Gasteiger partial charge on any atom is 0.253 e. The van der Waals surface area contributed by atoms with E-state index in [1.165, 1.54) is 0 Å². The highest BCUT2D eigenvalue weighted by molar-refractivity contribution is 7.98. The van der Waals surface area contributed by atoms with Gasteiger partial charge in [-0.25, -0.2) is 9.97 Å². The number of hydrogen-bond acceptors (Lipinski definition) is 4. The number of aliphatic imine (C=N–C) groups is 1. The van der Waals surface area contributed by atoms with Crippen LogP contribution in [-0.2, 0) is 0 Å². The zero-order valence-corrected chi connectivity index (χ0v) is 12.8. The predicted octanol–water partition coefficient (Wildman–Crippen LogP) is 2.92. The Morgan fingerprint density at radius 2 is 1.82 bits per heavy atom. The van der Waals surface area contributed by atoms with Crippen molar-refractivity contribution >= 4 is 34.6 Å². The molecule has 4 N–H and O–H groups in total. The van der Waals surface area contributed by atoms with E-state index >= 15 is 0 Å². The van der Waals surface area contributed by atoms with Gasteiger partial charge in [-0.2, -0.15) is 4.99 Å². The van der Waals surface area contributed by atoms with Crippen LogP contribution in [-0.4, -0.2) is 22.2 Å². The second kappa shape index (κ2) is 6.03. The molecule has 3 aromatic rings. The van der Waals surface area contributed by atoms with E-state index in [0.29, 0.717) is 0 Å². The summed E-state index contributed by atoms with van der Waals surface area (Å²) in [6.07, 6.45) is 2.04. The molecule has 22 heavy (non-hydrogen) atoms. The van der Waals surface area contributed by atoms with Crippen molar-refractivity contribution in [1.29, 1.82) is 0 Å². The van der Waals surface area contributed by atoms with E-state index < -0.39 is 0 Å². The molecule has 0 saturated carbocycles. The highest BCUT2D eigenvalue weighted by Gasteiger charge is 2.10. The predicted molar refractivity (Wildman–Crippen MR) is 92.2 cm³/mol.